The number of hydrogen-bond donors (Lipinski definition) is 2. The van der Waals surface area contributed by atoms with Gasteiger partial charge in [-0.05, 0) is 42.2 Å². The number of rotatable bonds is 9. The fourth-order valence-corrected chi connectivity index (χ4v) is 4.14. The summed E-state index contributed by atoms with van der Waals surface area (Å²) in [6, 6.07) is 12.8. The number of nitrogens with zero attached hydrogens (tertiary/aromatic N) is 2. The number of ether oxygens (including phenoxy) is 1. The van der Waals surface area contributed by atoms with Gasteiger partial charge in [0.05, 0.1) is 31.2 Å². The fraction of sp³-hybridized carbons (Fsp3) is 0.440. The van der Waals surface area contributed by atoms with Crippen LogP contribution >= 0.6 is 0 Å². The van der Waals surface area contributed by atoms with Crippen LogP contribution in [0.3, 0.4) is 0 Å². The molecule has 4 rings (SSSR count). The highest BCUT2D eigenvalue weighted by Crippen LogP contribution is 2.21. The van der Waals surface area contributed by atoms with Crippen molar-refractivity contribution in [3.8, 4) is 0 Å². The van der Waals surface area contributed by atoms with Crippen LogP contribution in [0, 0.1) is 0 Å². The van der Waals surface area contributed by atoms with Gasteiger partial charge in [0.2, 0.25) is 0 Å². The van der Waals surface area contributed by atoms with Crippen LogP contribution in [0.5, 0.6) is 0 Å². The first kappa shape index (κ1) is 23.2. The molecule has 33 heavy (non-hydrogen) atoms. The SMILES string of the molecule is CC(O)c1ccc2oc(=O)n(Cc3cccc(CC(=O)OCCCN4CCNCC4)c3)c2c1. The number of piperazine rings is 1. The van der Waals surface area contributed by atoms with Gasteiger partial charge >= 0.3 is 11.7 Å². The van der Waals surface area contributed by atoms with Crippen LogP contribution in [-0.2, 0) is 22.5 Å². The Morgan fingerprint density at radius 3 is 2.76 bits per heavy atom. The van der Waals surface area contributed by atoms with Gasteiger partial charge < -0.3 is 24.5 Å². The molecule has 1 unspecified atom stereocenters. The van der Waals surface area contributed by atoms with Crippen molar-refractivity contribution >= 4 is 17.1 Å². The number of oxazole rings is 1. The van der Waals surface area contributed by atoms with E-state index in [1.165, 1.54) is 4.57 Å². The number of benzene rings is 2. The smallest absolute Gasteiger partial charge is 0.420 e. The number of aromatic nitrogens is 1. The number of hydrogen-bond acceptors (Lipinski definition) is 7. The second-order valence-electron chi connectivity index (χ2n) is 8.52. The Balaban J connectivity index is 1.35. The molecule has 1 fully saturated rings. The summed E-state index contributed by atoms with van der Waals surface area (Å²) in [5.41, 5.74) is 3.54. The molecule has 176 valence electrons. The summed E-state index contributed by atoms with van der Waals surface area (Å²) in [6.45, 7) is 7.45. The Bertz CT molecular complexity index is 1140. The molecule has 2 aromatic carbocycles. The maximum Gasteiger partial charge on any atom is 0.420 e. The van der Waals surface area contributed by atoms with Crippen LogP contribution < -0.4 is 11.1 Å². The summed E-state index contributed by atoms with van der Waals surface area (Å²) < 4.78 is 12.3. The second kappa shape index (κ2) is 10.8. The number of aliphatic hydroxyl groups excluding tert-OH is 1. The molecule has 1 aliphatic rings. The van der Waals surface area contributed by atoms with E-state index >= 15 is 0 Å². The van der Waals surface area contributed by atoms with E-state index < -0.39 is 11.9 Å². The van der Waals surface area contributed by atoms with Crippen molar-refractivity contribution in [2.45, 2.75) is 32.4 Å². The summed E-state index contributed by atoms with van der Waals surface area (Å²) >= 11 is 0. The Morgan fingerprint density at radius 1 is 1.18 bits per heavy atom. The predicted octanol–water partition coefficient (Wildman–Crippen LogP) is 2.08. The normalized spacial score (nSPS) is 15.6. The average Bonchev–Trinajstić information content (AvgIpc) is 3.12. The first-order chi connectivity index (χ1) is 16.0. The third-order valence-electron chi connectivity index (χ3n) is 5.95. The molecule has 0 radical (unpaired) electrons. The van der Waals surface area contributed by atoms with Crippen molar-refractivity contribution in [1.29, 1.82) is 0 Å². The third-order valence-corrected chi connectivity index (χ3v) is 5.95. The maximum atomic E-state index is 12.4. The van der Waals surface area contributed by atoms with Gasteiger partial charge in [0.25, 0.3) is 0 Å². The van der Waals surface area contributed by atoms with E-state index in [0.717, 1.165) is 50.3 Å². The average molecular weight is 454 g/mol. The van der Waals surface area contributed by atoms with Crippen LogP contribution in [0.2, 0.25) is 0 Å². The monoisotopic (exact) mass is 453 g/mol. The number of carbonyl (C=O) groups excluding carboxylic acids is 1. The quantitative estimate of drug-likeness (QED) is 0.378. The van der Waals surface area contributed by atoms with Crippen molar-refractivity contribution in [3.63, 3.8) is 0 Å². The van der Waals surface area contributed by atoms with Crippen molar-refractivity contribution in [2.75, 3.05) is 39.3 Å². The zero-order valence-electron chi connectivity index (χ0n) is 19.0. The van der Waals surface area contributed by atoms with E-state index in [-0.39, 0.29) is 12.4 Å². The lowest BCUT2D eigenvalue weighted by Crippen LogP contribution is -2.43. The highest BCUT2D eigenvalue weighted by atomic mass is 16.5. The summed E-state index contributed by atoms with van der Waals surface area (Å²) in [6.07, 6.45) is 0.379. The molecule has 0 spiro atoms. The number of nitrogens with one attached hydrogen (secondary N) is 1. The van der Waals surface area contributed by atoms with Crippen LogP contribution in [0.4, 0.5) is 0 Å². The van der Waals surface area contributed by atoms with Gasteiger partial charge in [0.1, 0.15) is 0 Å². The topological polar surface area (TPSA) is 96.9 Å². The van der Waals surface area contributed by atoms with E-state index in [1.807, 2.05) is 24.3 Å². The first-order valence-corrected chi connectivity index (χ1v) is 11.5. The molecule has 8 nitrogen and oxygen atoms in total. The Kier molecular flexibility index (Phi) is 7.59. The summed E-state index contributed by atoms with van der Waals surface area (Å²) in [5.74, 6) is -0.706. The largest absolute Gasteiger partial charge is 0.465 e. The predicted molar refractivity (Wildman–Crippen MR) is 125 cm³/mol. The zero-order chi connectivity index (χ0) is 23.2. The van der Waals surface area contributed by atoms with E-state index in [0.29, 0.717) is 29.8 Å². The molecule has 1 aliphatic heterocycles. The summed E-state index contributed by atoms with van der Waals surface area (Å²) in [5, 5.41) is 13.2. The van der Waals surface area contributed by atoms with Gasteiger partial charge in [-0.3, -0.25) is 9.36 Å². The number of fused-ring (bicyclic) bond motifs is 1. The van der Waals surface area contributed by atoms with E-state index in [9.17, 15) is 14.7 Å². The van der Waals surface area contributed by atoms with E-state index in [4.69, 9.17) is 9.15 Å². The van der Waals surface area contributed by atoms with Crippen molar-refractivity contribution in [2.24, 2.45) is 0 Å². The summed E-state index contributed by atoms with van der Waals surface area (Å²) in [4.78, 5) is 27.1. The van der Waals surface area contributed by atoms with Crippen molar-refractivity contribution in [3.05, 3.63) is 69.7 Å². The highest BCUT2D eigenvalue weighted by molar-refractivity contribution is 5.74. The number of carbonyl (C=O) groups is 1. The minimum absolute atomic E-state index is 0.189. The zero-order valence-corrected chi connectivity index (χ0v) is 19.0. The molecular formula is C25H31N3O5. The van der Waals surface area contributed by atoms with Crippen LogP contribution in [0.25, 0.3) is 11.1 Å². The second-order valence-corrected chi connectivity index (χ2v) is 8.52. The molecule has 0 saturated carbocycles. The lowest BCUT2D eigenvalue weighted by atomic mass is 10.1. The van der Waals surface area contributed by atoms with Crippen molar-refractivity contribution in [1.82, 2.24) is 14.8 Å². The minimum Gasteiger partial charge on any atom is -0.465 e. The molecular weight excluding hydrogens is 422 g/mol. The van der Waals surface area contributed by atoms with Crippen molar-refractivity contribution < 1.29 is 19.1 Å². The fourth-order valence-electron chi connectivity index (χ4n) is 4.14. The molecule has 0 amide bonds. The van der Waals surface area contributed by atoms with Gasteiger partial charge in [-0.25, -0.2) is 4.79 Å². The van der Waals surface area contributed by atoms with E-state index in [1.54, 1.807) is 25.1 Å². The lowest BCUT2D eigenvalue weighted by molar-refractivity contribution is -0.143. The molecule has 2 N–H and O–H groups in total. The minimum atomic E-state index is -0.640. The molecule has 2 heterocycles. The first-order valence-electron chi connectivity index (χ1n) is 11.5. The van der Waals surface area contributed by atoms with Gasteiger partial charge in [-0.1, -0.05) is 30.3 Å². The number of aliphatic hydroxyl groups is 1. The molecule has 1 atom stereocenters. The summed E-state index contributed by atoms with van der Waals surface area (Å²) in [7, 11) is 0. The van der Waals surface area contributed by atoms with Gasteiger partial charge in [-0.2, -0.15) is 0 Å². The van der Waals surface area contributed by atoms with Crippen LogP contribution in [0.15, 0.2) is 51.7 Å². The molecule has 8 heteroatoms. The Hall–Kier alpha value is -2.94. The van der Waals surface area contributed by atoms with Gasteiger partial charge in [0, 0.05) is 32.7 Å². The van der Waals surface area contributed by atoms with Gasteiger partial charge in [-0.15, -0.1) is 0 Å². The molecule has 1 saturated heterocycles. The van der Waals surface area contributed by atoms with Crippen LogP contribution in [0.1, 0.15) is 36.1 Å². The molecule has 0 bridgehead atoms. The molecule has 1 aromatic heterocycles. The van der Waals surface area contributed by atoms with Crippen LogP contribution in [-0.4, -0.2) is 59.9 Å². The molecule has 0 aliphatic carbocycles. The standard InChI is InChI=1S/C25H31N3O5/c1-18(29)21-6-7-23-22(16-21)28(25(31)33-23)17-20-5-2-4-19(14-20)15-24(30)32-13-3-10-27-11-8-26-9-12-27/h2,4-7,14,16,18,26,29H,3,8-13,15,17H2,1H3. The van der Waals surface area contributed by atoms with Gasteiger partial charge in [0.15, 0.2) is 5.58 Å². The third kappa shape index (κ3) is 6.10. The highest BCUT2D eigenvalue weighted by Gasteiger charge is 2.13. The Morgan fingerprint density at radius 2 is 1.97 bits per heavy atom. The van der Waals surface area contributed by atoms with E-state index in [2.05, 4.69) is 10.2 Å². The number of esters is 1. The molecule has 3 aromatic rings. The lowest BCUT2D eigenvalue weighted by Gasteiger charge is -2.26. The Labute approximate surface area is 192 Å². The maximum absolute atomic E-state index is 12.4.